The highest BCUT2D eigenvalue weighted by Crippen LogP contribution is 2.09. The van der Waals surface area contributed by atoms with Crippen LogP contribution in [0.4, 0.5) is 0 Å². The number of hydrogen-bond donors (Lipinski definition) is 1. The van der Waals surface area contributed by atoms with Crippen molar-refractivity contribution < 1.29 is 0 Å². The summed E-state index contributed by atoms with van der Waals surface area (Å²) in [5, 5.41) is 3.33. The first-order valence-corrected chi connectivity index (χ1v) is 4.88. The molecule has 0 aliphatic heterocycles. The van der Waals surface area contributed by atoms with Gasteiger partial charge in [-0.1, -0.05) is 33.6 Å². The van der Waals surface area contributed by atoms with E-state index in [0.717, 1.165) is 12.0 Å². The molecule has 1 heteroatoms. The highest BCUT2D eigenvalue weighted by molar-refractivity contribution is 4.61. The molecule has 0 spiro atoms. The number of rotatable bonds is 6. The molecule has 0 amide bonds. The van der Waals surface area contributed by atoms with Crippen LogP contribution in [0.5, 0.6) is 0 Å². The molecule has 11 heavy (non-hydrogen) atoms. The molecule has 1 unspecified atom stereocenters. The maximum absolute atomic E-state index is 3.33. The Labute approximate surface area is 71.6 Å². The van der Waals surface area contributed by atoms with Crippen LogP contribution in [-0.4, -0.2) is 13.1 Å². The van der Waals surface area contributed by atoms with Crippen molar-refractivity contribution in [3.63, 3.8) is 0 Å². The Morgan fingerprint density at radius 2 is 1.82 bits per heavy atom. The fraction of sp³-hybridized carbons (Fsp3) is 1.00. The maximum Gasteiger partial charge on any atom is 0.00614 e. The Balaban J connectivity index is 3.21. The highest BCUT2D eigenvalue weighted by Gasteiger charge is 2.02. The van der Waals surface area contributed by atoms with Gasteiger partial charge in [0.05, 0.1) is 0 Å². The molecule has 0 fully saturated rings. The molecular weight excluding hydrogens is 134 g/mol. The van der Waals surface area contributed by atoms with Gasteiger partial charge in [-0.25, -0.2) is 0 Å². The summed E-state index contributed by atoms with van der Waals surface area (Å²) in [6.45, 7) is 6.83. The van der Waals surface area contributed by atoms with E-state index in [2.05, 4.69) is 33.1 Å². The minimum absolute atomic E-state index is 0.744. The van der Waals surface area contributed by atoms with Gasteiger partial charge in [-0.05, 0) is 25.8 Å². The topological polar surface area (TPSA) is 12.0 Å². The predicted octanol–water partition coefficient (Wildman–Crippen LogP) is 2.81. The van der Waals surface area contributed by atoms with Gasteiger partial charge in [-0.3, -0.25) is 0 Å². The van der Waals surface area contributed by atoms with Crippen molar-refractivity contribution in [2.75, 3.05) is 7.05 Å². The molecule has 68 valence electrons. The third-order valence-electron chi connectivity index (χ3n) is 2.24. The van der Waals surface area contributed by atoms with Crippen molar-refractivity contribution in [2.45, 2.75) is 52.5 Å². The summed E-state index contributed by atoms with van der Waals surface area (Å²) >= 11 is 0. The van der Waals surface area contributed by atoms with Crippen LogP contribution >= 0.6 is 0 Å². The van der Waals surface area contributed by atoms with E-state index in [1.807, 2.05) is 0 Å². The van der Waals surface area contributed by atoms with Crippen LogP contribution < -0.4 is 5.32 Å². The summed E-state index contributed by atoms with van der Waals surface area (Å²) in [6, 6.07) is 0.744. The second-order valence-corrected chi connectivity index (χ2v) is 3.72. The summed E-state index contributed by atoms with van der Waals surface area (Å²) in [7, 11) is 2.06. The third-order valence-corrected chi connectivity index (χ3v) is 2.24. The van der Waals surface area contributed by atoms with Gasteiger partial charge in [0.2, 0.25) is 0 Å². The average Bonchev–Trinajstić information content (AvgIpc) is 1.98. The zero-order chi connectivity index (χ0) is 8.69. The van der Waals surface area contributed by atoms with Gasteiger partial charge in [0.25, 0.3) is 0 Å². The Kier molecular flexibility index (Phi) is 6.63. The summed E-state index contributed by atoms with van der Waals surface area (Å²) < 4.78 is 0. The molecule has 0 bridgehead atoms. The fourth-order valence-electron chi connectivity index (χ4n) is 1.33. The van der Waals surface area contributed by atoms with E-state index in [1.54, 1.807) is 0 Å². The van der Waals surface area contributed by atoms with Gasteiger partial charge in [0.1, 0.15) is 0 Å². The molecule has 0 aromatic rings. The van der Waals surface area contributed by atoms with Crippen LogP contribution in [0.25, 0.3) is 0 Å². The summed E-state index contributed by atoms with van der Waals surface area (Å²) in [4.78, 5) is 0. The molecule has 1 atom stereocenters. The fourth-order valence-corrected chi connectivity index (χ4v) is 1.33. The first-order valence-electron chi connectivity index (χ1n) is 4.88. The Morgan fingerprint density at radius 3 is 2.18 bits per heavy atom. The van der Waals surface area contributed by atoms with E-state index in [4.69, 9.17) is 0 Å². The van der Waals surface area contributed by atoms with Crippen LogP contribution in [0, 0.1) is 5.92 Å². The molecular formula is C10H23N. The summed E-state index contributed by atoms with van der Waals surface area (Å²) in [5.41, 5.74) is 0. The van der Waals surface area contributed by atoms with E-state index >= 15 is 0 Å². The average molecular weight is 157 g/mol. The van der Waals surface area contributed by atoms with E-state index < -0.39 is 0 Å². The second kappa shape index (κ2) is 6.66. The molecule has 0 saturated heterocycles. The zero-order valence-electron chi connectivity index (χ0n) is 8.48. The molecule has 1 nitrogen and oxygen atoms in total. The molecule has 0 aromatic carbocycles. The lowest BCUT2D eigenvalue weighted by molar-refractivity contribution is 0.451. The largest absolute Gasteiger partial charge is 0.317 e. The SMILES string of the molecule is CCC(CCCC(C)C)NC. The van der Waals surface area contributed by atoms with E-state index in [0.29, 0.717) is 0 Å². The van der Waals surface area contributed by atoms with Gasteiger partial charge in [-0.2, -0.15) is 0 Å². The molecule has 0 aromatic heterocycles. The second-order valence-electron chi connectivity index (χ2n) is 3.72. The minimum Gasteiger partial charge on any atom is -0.317 e. The molecule has 0 rings (SSSR count). The predicted molar refractivity (Wildman–Crippen MR) is 51.8 cm³/mol. The standard InChI is InChI=1S/C10H23N/c1-5-10(11-4)8-6-7-9(2)3/h9-11H,5-8H2,1-4H3. The third kappa shape index (κ3) is 6.36. The Bertz CT molecular complexity index is 74.9. The van der Waals surface area contributed by atoms with E-state index in [-0.39, 0.29) is 0 Å². The van der Waals surface area contributed by atoms with Gasteiger partial charge in [-0.15, -0.1) is 0 Å². The van der Waals surface area contributed by atoms with Crippen molar-refractivity contribution in [2.24, 2.45) is 5.92 Å². The molecule has 0 radical (unpaired) electrons. The Hall–Kier alpha value is -0.0400. The van der Waals surface area contributed by atoms with Crippen LogP contribution in [-0.2, 0) is 0 Å². The van der Waals surface area contributed by atoms with E-state index in [1.165, 1.54) is 25.7 Å². The van der Waals surface area contributed by atoms with Crippen LogP contribution in [0.15, 0.2) is 0 Å². The van der Waals surface area contributed by atoms with Crippen LogP contribution in [0.2, 0.25) is 0 Å². The highest BCUT2D eigenvalue weighted by atomic mass is 14.9. The van der Waals surface area contributed by atoms with Gasteiger partial charge in [0, 0.05) is 6.04 Å². The quantitative estimate of drug-likeness (QED) is 0.625. The smallest absolute Gasteiger partial charge is 0.00614 e. The minimum atomic E-state index is 0.744. The summed E-state index contributed by atoms with van der Waals surface area (Å²) in [5.74, 6) is 0.865. The monoisotopic (exact) mass is 157 g/mol. The molecule has 0 heterocycles. The molecule has 0 aliphatic carbocycles. The molecule has 0 aliphatic rings. The Morgan fingerprint density at radius 1 is 1.18 bits per heavy atom. The van der Waals surface area contributed by atoms with Crippen LogP contribution in [0.3, 0.4) is 0 Å². The van der Waals surface area contributed by atoms with Crippen molar-refractivity contribution in [1.29, 1.82) is 0 Å². The molecule has 1 N–H and O–H groups in total. The van der Waals surface area contributed by atoms with Crippen molar-refractivity contribution in [3.05, 3.63) is 0 Å². The summed E-state index contributed by atoms with van der Waals surface area (Å²) in [6.07, 6.45) is 5.34. The first-order chi connectivity index (χ1) is 5.20. The lowest BCUT2D eigenvalue weighted by atomic mass is 10.0. The van der Waals surface area contributed by atoms with Gasteiger partial charge >= 0.3 is 0 Å². The van der Waals surface area contributed by atoms with Crippen molar-refractivity contribution in [1.82, 2.24) is 5.32 Å². The van der Waals surface area contributed by atoms with Crippen molar-refractivity contribution in [3.8, 4) is 0 Å². The maximum atomic E-state index is 3.33. The van der Waals surface area contributed by atoms with Gasteiger partial charge < -0.3 is 5.32 Å². The lowest BCUT2D eigenvalue weighted by Crippen LogP contribution is -2.23. The normalized spacial score (nSPS) is 13.9. The number of nitrogens with one attached hydrogen (secondary N) is 1. The van der Waals surface area contributed by atoms with E-state index in [9.17, 15) is 0 Å². The van der Waals surface area contributed by atoms with Gasteiger partial charge in [0.15, 0.2) is 0 Å². The number of hydrogen-bond acceptors (Lipinski definition) is 1. The lowest BCUT2D eigenvalue weighted by Gasteiger charge is -2.13. The van der Waals surface area contributed by atoms with Crippen LogP contribution in [0.1, 0.15) is 46.5 Å². The zero-order valence-corrected chi connectivity index (χ0v) is 8.48. The van der Waals surface area contributed by atoms with Crippen molar-refractivity contribution >= 4 is 0 Å². The molecule has 0 saturated carbocycles. The first kappa shape index (κ1) is 11.0.